The molecule has 0 unspecified atom stereocenters. The van der Waals surface area contributed by atoms with Gasteiger partial charge in [-0.2, -0.15) is 0 Å². The number of benzene rings is 2. The normalized spacial score (nSPS) is 21.2. The Morgan fingerprint density at radius 2 is 1.60 bits per heavy atom. The Bertz CT molecular complexity index is 1150. The Morgan fingerprint density at radius 1 is 0.886 bits per heavy atom. The van der Waals surface area contributed by atoms with Crippen molar-refractivity contribution < 1.29 is 4.74 Å². The molecule has 0 aliphatic carbocycles. The first-order valence-corrected chi connectivity index (χ1v) is 13.4. The highest BCUT2D eigenvalue weighted by Crippen LogP contribution is 2.37. The lowest BCUT2D eigenvalue weighted by atomic mass is 9.86. The number of anilines is 1. The van der Waals surface area contributed by atoms with Gasteiger partial charge in [0.25, 0.3) is 0 Å². The highest BCUT2D eigenvalue weighted by molar-refractivity contribution is 5.86. The van der Waals surface area contributed by atoms with Crippen LogP contribution in [0.4, 0.5) is 5.69 Å². The van der Waals surface area contributed by atoms with E-state index in [9.17, 15) is 0 Å². The van der Waals surface area contributed by atoms with E-state index in [1.165, 1.54) is 46.3 Å². The SMILES string of the molecule is CC(C)N1CCN(c2ccc(-c3cc(C4CCN(C5COC5)CC4)c4ncn(C)c4c3)cc2)CC1. The molecule has 186 valence electrons. The number of aryl methyl sites for hydroxylation is 1. The van der Waals surface area contributed by atoms with Crippen molar-refractivity contribution in [3.8, 4) is 11.1 Å². The quantitative estimate of drug-likeness (QED) is 0.551. The summed E-state index contributed by atoms with van der Waals surface area (Å²) in [5, 5.41) is 0. The number of nitrogens with zero attached hydrogens (tertiary/aromatic N) is 5. The molecule has 1 aromatic heterocycles. The van der Waals surface area contributed by atoms with Gasteiger partial charge in [0.1, 0.15) is 0 Å². The molecule has 4 heterocycles. The molecule has 2 aromatic carbocycles. The third kappa shape index (κ3) is 4.48. The van der Waals surface area contributed by atoms with E-state index in [0.29, 0.717) is 18.0 Å². The van der Waals surface area contributed by atoms with Crippen molar-refractivity contribution in [2.45, 2.75) is 44.7 Å². The van der Waals surface area contributed by atoms with Gasteiger partial charge in [-0.1, -0.05) is 12.1 Å². The number of hydrogen-bond acceptors (Lipinski definition) is 5. The molecule has 0 N–H and O–H groups in total. The average molecular weight is 474 g/mol. The van der Waals surface area contributed by atoms with Crippen molar-refractivity contribution in [2.24, 2.45) is 7.05 Å². The van der Waals surface area contributed by atoms with Crippen molar-refractivity contribution in [3.05, 3.63) is 48.3 Å². The largest absolute Gasteiger partial charge is 0.378 e. The molecular formula is C29H39N5O. The van der Waals surface area contributed by atoms with Crippen LogP contribution >= 0.6 is 0 Å². The van der Waals surface area contributed by atoms with Crippen LogP contribution in [0.2, 0.25) is 0 Å². The molecular weight excluding hydrogens is 434 g/mol. The Kier molecular flexibility index (Phi) is 6.29. The fourth-order valence-corrected chi connectivity index (χ4v) is 6.11. The van der Waals surface area contributed by atoms with Crippen LogP contribution in [0.5, 0.6) is 0 Å². The van der Waals surface area contributed by atoms with Crippen molar-refractivity contribution in [2.75, 3.05) is 57.4 Å². The van der Waals surface area contributed by atoms with Gasteiger partial charge in [0, 0.05) is 45.0 Å². The Balaban J connectivity index is 1.23. The summed E-state index contributed by atoms with van der Waals surface area (Å²) < 4.78 is 7.60. The first-order chi connectivity index (χ1) is 17.1. The number of imidazole rings is 1. The van der Waals surface area contributed by atoms with E-state index in [1.54, 1.807) is 0 Å². The van der Waals surface area contributed by atoms with E-state index >= 15 is 0 Å². The number of likely N-dealkylation sites (tertiary alicyclic amines) is 1. The van der Waals surface area contributed by atoms with Crippen LogP contribution in [0, 0.1) is 0 Å². The summed E-state index contributed by atoms with van der Waals surface area (Å²) in [6.07, 6.45) is 4.37. The molecule has 6 rings (SSSR count). The number of piperazine rings is 1. The summed E-state index contributed by atoms with van der Waals surface area (Å²) in [6, 6.07) is 15.3. The van der Waals surface area contributed by atoms with E-state index in [2.05, 4.69) is 76.6 Å². The summed E-state index contributed by atoms with van der Waals surface area (Å²) in [7, 11) is 2.11. The fourth-order valence-electron chi connectivity index (χ4n) is 6.11. The third-order valence-electron chi connectivity index (χ3n) is 8.58. The number of hydrogen-bond donors (Lipinski definition) is 0. The van der Waals surface area contributed by atoms with Crippen LogP contribution in [0.3, 0.4) is 0 Å². The van der Waals surface area contributed by atoms with Gasteiger partial charge >= 0.3 is 0 Å². The monoisotopic (exact) mass is 473 g/mol. The van der Waals surface area contributed by atoms with Crippen molar-refractivity contribution in [1.82, 2.24) is 19.4 Å². The number of ether oxygens (including phenoxy) is 1. The molecule has 3 saturated heterocycles. The standard InChI is InChI=1S/C29H39N5O/c1-21(2)32-12-14-34(15-13-32)25-6-4-22(5-7-25)24-16-27(29-28(17-24)31(3)20-30-29)23-8-10-33(11-9-23)26-18-35-19-26/h4-7,16-17,20-21,23,26H,8-15,18-19H2,1-3H3. The van der Waals surface area contributed by atoms with E-state index in [0.717, 1.165) is 52.5 Å². The van der Waals surface area contributed by atoms with Crippen LogP contribution in [-0.2, 0) is 11.8 Å². The molecule has 3 aliphatic heterocycles. The highest BCUT2D eigenvalue weighted by Gasteiger charge is 2.31. The molecule has 0 amide bonds. The molecule has 0 saturated carbocycles. The summed E-state index contributed by atoms with van der Waals surface area (Å²) in [6.45, 7) is 13.2. The molecule has 3 aromatic rings. The Hall–Kier alpha value is -2.41. The van der Waals surface area contributed by atoms with Crippen LogP contribution in [0.25, 0.3) is 22.2 Å². The van der Waals surface area contributed by atoms with Gasteiger partial charge in [0.2, 0.25) is 0 Å². The summed E-state index contributed by atoms with van der Waals surface area (Å²) in [5.41, 5.74) is 7.79. The van der Waals surface area contributed by atoms with Gasteiger partial charge in [-0.3, -0.25) is 9.80 Å². The van der Waals surface area contributed by atoms with Gasteiger partial charge in [-0.25, -0.2) is 4.98 Å². The van der Waals surface area contributed by atoms with Crippen molar-refractivity contribution in [3.63, 3.8) is 0 Å². The Labute approximate surface area is 209 Å². The second-order valence-electron chi connectivity index (χ2n) is 11.0. The lowest BCUT2D eigenvalue weighted by Crippen LogP contribution is -2.51. The highest BCUT2D eigenvalue weighted by atomic mass is 16.5. The lowest BCUT2D eigenvalue weighted by Gasteiger charge is -2.41. The minimum Gasteiger partial charge on any atom is -0.378 e. The molecule has 6 heteroatoms. The minimum absolute atomic E-state index is 0.570. The number of fused-ring (bicyclic) bond motifs is 1. The molecule has 0 atom stereocenters. The molecule has 35 heavy (non-hydrogen) atoms. The number of rotatable bonds is 5. The molecule has 6 nitrogen and oxygen atoms in total. The van der Waals surface area contributed by atoms with Crippen LogP contribution in [0.15, 0.2) is 42.7 Å². The average Bonchev–Trinajstić information content (AvgIpc) is 3.24. The maximum Gasteiger partial charge on any atom is 0.0955 e. The van der Waals surface area contributed by atoms with Gasteiger partial charge in [0.05, 0.1) is 36.6 Å². The lowest BCUT2D eigenvalue weighted by molar-refractivity contribution is -0.0712. The molecule has 3 fully saturated rings. The van der Waals surface area contributed by atoms with Crippen LogP contribution in [-0.4, -0.2) is 83.9 Å². The van der Waals surface area contributed by atoms with Crippen LogP contribution < -0.4 is 4.90 Å². The number of aromatic nitrogens is 2. The maximum absolute atomic E-state index is 5.43. The second kappa shape index (κ2) is 9.57. The number of piperidine rings is 1. The molecule has 0 spiro atoms. The zero-order valence-corrected chi connectivity index (χ0v) is 21.5. The minimum atomic E-state index is 0.570. The summed E-state index contributed by atoms with van der Waals surface area (Å²) >= 11 is 0. The zero-order chi connectivity index (χ0) is 23.9. The van der Waals surface area contributed by atoms with Gasteiger partial charge < -0.3 is 14.2 Å². The Morgan fingerprint density at radius 3 is 2.23 bits per heavy atom. The van der Waals surface area contributed by atoms with Gasteiger partial charge in [0.15, 0.2) is 0 Å². The summed E-state index contributed by atoms with van der Waals surface area (Å²) in [5.74, 6) is 0.570. The van der Waals surface area contributed by atoms with Gasteiger partial charge in [-0.15, -0.1) is 0 Å². The van der Waals surface area contributed by atoms with E-state index in [1.807, 2.05) is 6.33 Å². The predicted octanol–water partition coefficient (Wildman–Crippen LogP) is 4.35. The third-order valence-corrected chi connectivity index (χ3v) is 8.58. The van der Waals surface area contributed by atoms with Crippen LogP contribution in [0.1, 0.15) is 38.2 Å². The second-order valence-corrected chi connectivity index (χ2v) is 11.0. The van der Waals surface area contributed by atoms with E-state index in [-0.39, 0.29) is 0 Å². The molecule has 0 radical (unpaired) electrons. The first-order valence-electron chi connectivity index (χ1n) is 13.4. The maximum atomic E-state index is 5.43. The van der Waals surface area contributed by atoms with E-state index in [4.69, 9.17) is 9.72 Å². The van der Waals surface area contributed by atoms with E-state index < -0.39 is 0 Å². The fraction of sp³-hybridized carbons (Fsp3) is 0.552. The first kappa shape index (κ1) is 23.0. The smallest absolute Gasteiger partial charge is 0.0955 e. The van der Waals surface area contributed by atoms with Crippen molar-refractivity contribution >= 4 is 16.7 Å². The topological polar surface area (TPSA) is 36.8 Å². The molecule has 0 bridgehead atoms. The summed E-state index contributed by atoms with van der Waals surface area (Å²) in [4.78, 5) is 12.5. The molecule has 3 aliphatic rings. The van der Waals surface area contributed by atoms with Crippen molar-refractivity contribution in [1.29, 1.82) is 0 Å². The van der Waals surface area contributed by atoms with Gasteiger partial charge in [-0.05, 0) is 86.7 Å². The predicted molar refractivity (Wildman–Crippen MR) is 143 cm³/mol. The zero-order valence-electron chi connectivity index (χ0n) is 21.5.